The number of carbonyl (C=O) groups excluding carboxylic acids is 1. The Morgan fingerprint density at radius 2 is 1.93 bits per heavy atom. The van der Waals surface area contributed by atoms with Crippen LogP contribution < -0.4 is 15.2 Å². The fourth-order valence-corrected chi connectivity index (χ4v) is 5.83. The van der Waals surface area contributed by atoms with Gasteiger partial charge in [0.2, 0.25) is 10.0 Å². The first kappa shape index (κ1) is 20.0. The Balaban J connectivity index is 2.08. The number of halogens is 1. The molecule has 11 heteroatoms. The molecular weight excluding hydrogens is 474 g/mol. The molecule has 3 aromatic rings. The standard InChI is InChI=1S/C16H14BrN3O4S3/c1-8-12(14(21)20-16-19-7-11(17)25-16)15(27(18,22)23)26-13(8)9-3-5-10(24-2)6-4-9/h3-7H,1-2H3,(H2,18,22,23)(H,19,20,21). The second-order valence-electron chi connectivity index (χ2n) is 5.42. The summed E-state index contributed by atoms with van der Waals surface area (Å²) in [6.45, 7) is 1.69. The number of nitrogens with two attached hydrogens (primary N) is 1. The van der Waals surface area contributed by atoms with Crippen molar-refractivity contribution in [2.24, 2.45) is 5.14 Å². The summed E-state index contributed by atoms with van der Waals surface area (Å²) in [6, 6.07) is 7.12. The first-order valence-corrected chi connectivity index (χ1v) is 11.4. The minimum atomic E-state index is -4.08. The minimum Gasteiger partial charge on any atom is -0.497 e. The third-order valence-corrected chi connectivity index (χ3v) is 7.85. The molecule has 0 saturated carbocycles. The van der Waals surface area contributed by atoms with Crippen molar-refractivity contribution in [1.29, 1.82) is 0 Å². The molecule has 0 bridgehead atoms. The second kappa shape index (κ2) is 7.68. The van der Waals surface area contributed by atoms with Crippen LogP contribution in [0.15, 0.2) is 38.5 Å². The molecule has 0 radical (unpaired) electrons. The van der Waals surface area contributed by atoms with Gasteiger partial charge in [0.05, 0.1) is 22.7 Å². The topological polar surface area (TPSA) is 111 Å². The average molecular weight is 488 g/mol. The van der Waals surface area contributed by atoms with Crippen LogP contribution in [-0.2, 0) is 10.0 Å². The van der Waals surface area contributed by atoms with Crippen LogP contribution >= 0.6 is 38.6 Å². The monoisotopic (exact) mass is 487 g/mol. The van der Waals surface area contributed by atoms with E-state index in [1.807, 2.05) is 0 Å². The number of rotatable bonds is 5. The summed E-state index contributed by atoms with van der Waals surface area (Å²) in [6.07, 6.45) is 1.55. The number of hydrogen-bond donors (Lipinski definition) is 2. The van der Waals surface area contributed by atoms with Crippen molar-refractivity contribution in [2.75, 3.05) is 12.4 Å². The lowest BCUT2D eigenvalue weighted by Crippen LogP contribution is -2.19. The predicted octanol–water partition coefficient (Wildman–Crippen LogP) is 3.85. The van der Waals surface area contributed by atoms with Gasteiger partial charge in [-0.1, -0.05) is 11.3 Å². The number of ether oxygens (including phenoxy) is 1. The summed E-state index contributed by atoms with van der Waals surface area (Å²) in [5.41, 5.74) is 1.32. The van der Waals surface area contributed by atoms with Gasteiger partial charge in [-0.05, 0) is 58.2 Å². The van der Waals surface area contributed by atoms with Gasteiger partial charge in [-0.25, -0.2) is 18.5 Å². The van der Waals surface area contributed by atoms with Crippen molar-refractivity contribution in [3.63, 3.8) is 0 Å². The number of sulfonamides is 1. The zero-order valence-corrected chi connectivity index (χ0v) is 18.2. The van der Waals surface area contributed by atoms with Gasteiger partial charge >= 0.3 is 0 Å². The molecular formula is C16H14BrN3O4S3. The molecule has 3 N–H and O–H groups in total. The third kappa shape index (κ3) is 4.22. The zero-order valence-electron chi connectivity index (χ0n) is 14.1. The molecule has 3 rings (SSSR count). The van der Waals surface area contributed by atoms with Crippen LogP contribution in [0.2, 0.25) is 0 Å². The Labute approximate surface area is 172 Å². The van der Waals surface area contributed by atoms with E-state index in [9.17, 15) is 13.2 Å². The van der Waals surface area contributed by atoms with Gasteiger partial charge < -0.3 is 4.74 Å². The highest BCUT2D eigenvalue weighted by Crippen LogP contribution is 2.39. The molecule has 0 aliphatic carbocycles. The number of nitrogens with one attached hydrogen (secondary N) is 1. The lowest BCUT2D eigenvalue weighted by Gasteiger charge is -2.05. The van der Waals surface area contributed by atoms with Gasteiger partial charge in [0.1, 0.15) is 9.96 Å². The highest BCUT2D eigenvalue weighted by Gasteiger charge is 2.28. The van der Waals surface area contributed by atoms with Crippen LogP contribution in [0, 0.1) is 6.92 Å². The Hall–Kier alpha value is -1.79. The quantitative estimate of drug-likeness (QED) is 0.567. The fourth-order valence-electron chi connectivity index (χ4n) is 2.44. The summed E-state index contributed by atoms with van der Waals surface area (Å²) in [7, 11) is -2.52. The summed E-state index contributed by atoms with van der Waals surface area (Å²) in [5.74, 6) is 0.0985. The molecule has 0 unspecified atom stereocenters. The molecule has 2 heterocycles. The molecule has 0 fully saturated rings. The van der Waals surface area contributed by atoms with Crippen molar-refractivity contribution >= 4 is 59.7 Å². The normalized spacial score (nSPS) is 11.4. The van der Waals surface area contributed by atoms with Gasteiger partial charge in [0, 0.05) is 4.88 Å². The molecule has 0 spiro atoms. The summed E-state index contributed by atoms with van der Waals surface area (Å²) in [5, 5.41) is 8.33. The minimum absolute atomic E-state index is 0.0274. The van der Waals surface area contributed by atoms with Crippen LogP contribution in [0.3, 0.4) is 0 Å². The van der Waals surface area contributed by atoms with Crippen LogP contribution in [0.5, 0.6) is 5.75 Å². The van der Waals surface area contributed by atoms with E-state index in [-0.39, 0.29) is 9.77 Å². The maximum atomic E-state index is 12.8. The molecule has 142 valence electrons. The van der Waals surface area contributed by atoms with E-state index in [4.69, 9.17) is 9.88 Å². The molecule has 27 heavy (non-hydrogen) atoms. The number of anilines is 1. The van der Waals surface area contributed by atoms with E-state index < -0.39 is 15.9 Å². The molecule has 1 amide bonds. The van der Waals surface area contributed by atoms with E-state index in [0.29, 0.717) is 21.3 Å². The Morgan fingerprint density at radius 1 is 1.26 bits per heavy atom. The number of hydrogen-bond acceptors (Lipinski definition) is 7. The van der Waals surface area contributed by atoms with Crippen LogP contribution in [-0.4, -0.2) is 26.4 Å². The highest BCUT2D eigenvalue weighted by molar-refractivity contribution is 9.11. The van der Waals surface area contributed by atoms with E-state index >= 15 is 0 Å². The van der Waals surface area contributed by atoms with Gasteiger partial charge in [0.15, 0.2) is 5.13 Å². The van der Waals surface area contributed by atoms with Crippen LogP contribution in [0.4, 0.5) is 5.13 Å². The number of nitrogens with zero attached hydrogens (tertiary/aromatic N) is 1. The van der Waals surface area contributed by atoms with E-state index in [1.165, 1.54) is 11.3 Å². The molecule has 0 saturated heterocycles. The van der Waals surface area contributed by atoms with Crippen molar-refractivity contribution in [2.45, 2.75) is 11.1 Å². The van der Waals surface area contributed by atoms with E-state index in [0.717, 1.165) is 20.7 Å². The lowest BCUT2D eigenvalue weighted by atomic mass is 10.1. The van der Waals surface area contributed by atoms with Crippen molar-refractivity contribution in [3.05, 3.63) is 45.4 Å². The van der Waals surface area contributed by atoms with Gasteiger partial charge in [-0.2, -0.15) is 0 Å². The number of aromatic nitrogens is 1. The molecule has 2 aromatic heterocycles. The number of thiophene rings is 1. The lowest BCUT2D eigenvalue weighted by molar-refractivity contribution is 0.102. The Kier molecular flexibility index (Phi) is 5.68. The van der Waals surface area contributed by atoms with Crippen LogP contribution in [0.1, 0.15) is 15.9 Å². The van der Waals surface area contributed by atoms with E-state index in [2.05, 4.69) is 26.2 Å². The van der Waals surface area contributed by atoms with Gasteiger partial charge in [0.25, 0.3) is 5.91 Å². The first-order valence-electron chi connectivity index (χ1n) is 7.44. The maximum Gasteiger partial charge on any atom is 0.259 e. The average Bonchev–Trinajstić information content (AvgIpc) is 3.17. The predicted molar refractivity (Wildman–Crippen MR) is 110 cm³/mol. The third-order valence-electron chi connectivity index (χ3n) is 3.65. The molecule has 7 nitrogen and oxygen atoms in total. The zero-order chi connectivity index (χ0) is 19.8. The number of methoxy groups -OCH3 is 1. The number of amides is 1. The number of primary sulfonamides is 1. The van der Waals surface area contributed by atoms with Crippen molar-refractivity contribution in [1.82, 2.24) is 4.98 Å². The molecule has 1 aromatic carbocycles. The first-order chi connectivity index (χ1) is 12.7. The van der Waals surface area contributed by atoms with Gasteiger partial charge in [-0.3, -0.25) is 10.1 Å². The van der Waals surface area contributed by atoms with Crippen molar-refractivity contribution in [3.8, 4) is 16.2 Å². The number of thiazole rings is 1. The summed E-state index contributed by atoms with van der Waals surface area (Å²) in [4.78, 5) is 17.4. The Bertz CT molecular complexity index is 1100. The maximum absolute atomic E-state index is 12.8. The summed E-state index contributed by atoms with van der Waals surface area (Å²) >= 11 is 5.45. The molecule has 0 atom stereocenters. The highest BCUT2D eigenvalue weighted by atomic mass is 79.9. The largest absolute Gasteiger partial charge is 0.497 e. The van der Waals surface area contributed by atoms with Gasteiger partial charge in [-0.15, -0.1) is 11.3 Å². The smallest absolute Gasteiger partial charge is 0.259 e. The Morgan fingerprint density at radius 3 is 2.44 bits per heavy atom. The second-order valence-corrected chi connectivity index (χ2v) is 10.6. The fraction of sp³-hybridized carbons (Fsp3) is 0.125. The number of benzene rings is 1. The summed E-state index contributed by atoms with van der Waals surface area (Å²) < 4.78 is 29.9. The molecule has 0 aliphatic heterocycles. The molecule has 0 aliphatic rings. The van der Waals surface area contributed by atoms with Crippen LogP contribution in [0.25, 0.3) is 10.4 Å². The number of carbonyl (C=O) groups is 1. The SMILES string of the molecule is COc1ccc(-c2sc(S(N)(=O)=O)c(C(=O)Nc3ncc(Br)s3)c2C)cc1. The van der Waals surface area contributed by atoms with E-state index in [1.54, 1.807) is 44.5 Å². The van der Waals surface area contributed by atoms with Crippen molar-refractivity contribution < 1.29 is 17.9 Å².